The Morgan fingerprint density at radius 2 is 1.39 bits per heavy atom. The SMILES string of the molecule is CC1CCCCC1.CCC(C)C(=O)OC1CCCC1.CCCC. The van der Waals surface area contributed by atoms with Crippen LogP contribution in [-0.2, 0) is 9.53 Å². The number of hydrogen-bond acceptors (Lipinski definition) is 2. The molecule has 0 aliphatic heterocycles. The third-order valence-corrected chi connectivity index (χ3v) is 4.99. The van der Waals surface area contributed by atoms with Crippen molar-refractivity contribution in [1.29, 1.82) is 0 Å². The van der Waals surface area contributed by atoms with Crippen LogP contribution in [0.2, 0.25) is 0 Å². The average molecular weight is 327 g/mol. The Labute approximate surface area is 145 Å². The first-order valence-electron chi connectivity index (χ1n) is 10.2. The van der Waals surface area contributed by atoms with Crippen LogP contribution in [0.25, 0.3) is 0 Å². The zero-order chi connectivity index (χ0) is 17.5. The van der Waals surface area contributed by atoms with Gasteiger partial charge >= 0.3 is 5.97 Å². The molecule has 0 radical (unpaired) electrons. The first kappa shape index (κ1) is 22.5. The fourth-order valence-electron chi connectivity index (χ4n) is 2.76. The Kier molecular flexibility index (Phi) is 14.7. The van der Waals surface area contributed by atoms with Crippen molar-refractivity contribution in [1.82, 2.24) is 0 Å². The van der Waals surface area contributed by atoms with Crippen LogP contribution in [0.4, 0.5) is 0 Å². The summed E-state index contributed by atoms with van der Waals surface area (Å²) in [6, 6.07) is 0. The summed E-state index contributed by atoms with van der Waals surface area (Å²) in [6.45, 7) is 10.7. The largest absolute Gasteiger partial charge is 0.462 e. The van der Waals surface area contributed by atoms with Gasteiger partial charge in [-0.25, -0.2) is 0 Å². The van der Waals surface area contributed by atoms with E-state index in [0.29, 0.717) is 0 Å². The lowest BCUT2D eigenvalue weighted by Gasteiger charge is -2.15. The van der Waals surface area contributed by atoms with E-state index in [1.54, 1.807) is 0 Å². The molecule has 0 bridgehead atoms. The van der Waals surface area contributed by atoms with E-state index in [4.69, 9.17) is 4.74 Å². The Morgan fingerprint density at radius 1 is 0.913 bits per heavy atom. The second-order valence-electron chi connectivity index (χ2n) is 7.40. The molecule has 2 nitrogen and oxygen atoms in total. The van der Waals surface area contributed by atoms with Crippen LogP contribution in [0.3, 0.4) is 0 Å². The lowest BCUT2D eigenvalue weighted by atomic mass is 9.91. The van der Waals surface area contributed by atoms with E-state index in [1.807, 2.05) is 13.8 Å². The third-order valence-electron chi connectivity index (χ3n) is 4.99. The number of hydrogen-bond donors (Lipinski definition) is 0. The lowest BCUT2D eigenvalue weighted by molar-refractivity contribution is -0.153. The molecular weight excluding hydrogens is 284 g/mol. The summed E-state index contributed by atoms with van der Waals surface area (Å²) in [5.41, 5.74) is 0. The molecule has 0 aromatic rings. The van der Waals surface area contributed by atoms with Crippen molar-refractivity contribution in [2.45, 2.75) is 118 Å². The molecule has 0 amide bonds. The Balaban J connectivity index is 0.000000371. The first-order valence-corrected chi connectivity index (χ1v) is 10.2. The normalized spacial score (nSPS) is 19.9. The molecule has 0 aromatic carbocycles. The van der Waals surface area contributed by atoms with Gasteiger partial charge in [0.25, 0.3) is 0 Å². The maximum absolute atomic E-state index is 11.3. The Bertz CT molecular complexity index is 261. The highest BCUT2D eigenvalue weighted by molar-refractivity contribution is 5.72. The van der Waals surface area contributed by atoms with Crippen molar-refractivity contribution in [2.24, 2.45) is 11.8 Å². The standard InChI is InChI=1S/C10H18O2.C7H14.C4H10/c1-3-8(2)10(11)12-9-6-4-5-7-9;1-7-5-3-2-4-6-7;1-3-4-2/h8-9H,3-7H2,1-2H3;7H,2-6H2,1H3;3-4H2,1-2H3. The van der Waals surface area contributed by atoms with E-state index in [2.05, 4.69) is 20.8 Å². The Hall–Kier alpha value is -0.530. The zero-order valence-electron chi connectivity index (χ0n) is 16.5. The molecule has 0 aromatic heterocycles. The molecule has 2 heteroatoms. The van der Waals surface area contributed by atoms with Crippen LogP contribution < -0.4 is 0 Å². The number of carbonyl (C=O) groups is 1. The fourth-order valence-corrected chi connectivity index (χ4v) is 2.76. The summed E-state index contributed by atoms with van der Waals surface area (Å²) in [6.07, 6.45) is 15.8. The van der Waals surface area contributed by atoms with Gasteiger partial charge in [-0.15, -0.1) is 0 Å². The van der Waals surface area contributed by atoms with Crippen LogP contribution in [0, 0.1) is 11.8 Å². The smallest absolute Gasteiger partial charge is 0.308 e. The summed E-state index contributed by atoms with van der Waals surface area (Å²) >= 11 is 0. The Morgan fingerprint density at radius 3 is 1.74 bits per heavy atom. The molecule has 138 valence electrons. The van der Waals surface area contributed by atoms with Crippen LogP contribution in [-0.4, -0.2) is 12.1 Å². The average Bonchev–Trinajstić information content (AvgIpc) is 3.08. The maximum atomic E-state index is 11.3. The van der Waals surface area contributed by atoms with E-state index in [1.165, 1.54) is 57.8 Å². The van der Waals surface area contributed by atoms with E-state index < -0.39 is 0 Å². The fraction of sp³-hybridized carbons (Fsp3) is 0.952. The van der Waals surface area contributed by atoms with Crippen LogP contribution in [0.5, 0.6) is 0 Å². The highest BCUT2D eigenvalue weighted by Crippen LogP contribution is 2.22. The van der Waals surface area contributed by atoms with E-state index in [9.17, 15) is 4.79 Å². The molecule has 0 saturated heterocycles. The minimum atomic E-state index is -0.00981. The minimum absolute atomic E-state index is 0.00981. The van der Waals surface area contributed by atoms with Gasteiger partial charge in [0, 0.05) is 0 Å². The van der Waals surface area contributed by atoms with E-state index in [0.717, 1.165) is 25.2 Å². The summed E-state index contributed by atoms with van der Waals surface area (Å²) in [4.78, 5) is 11.3. The van der Waals surface area contributed by atoms with Crippen molar-refractivity contribution in [3.63, 3.8) is 0 Å². The molecular formula is C21H42O2. The minimum Gasteiger partial charge on any atom is -0.462 e. The predicted molar refractivity (Wildman–Crippen MR) is 101 cm³/mol. The summed E-state index contributed by atoms with van der Waals surface area (Å²) in [5.74, 6) is 1.10. The second-order valence-corrected chi connectivity index (χ2v) is 7.40. The van der Waals surface area contributed by atoms with Gasteiger partial charge in [0.1, 0.15) is 6.10 Å². The monoisotopic (exact) mass is 326 g/mol. The van der Waals surface area contributed by atoms with Crippen LogP contribution in [0.15, 0.2) is 0 Å². The molecule has 2 aliphatic carbocycles. The molecule has 2 aliphatic rings. The molecule has 0 heterocycles. The number of rotatable bonds is 4. The van der Waals surface area contributed by atoms with Gasteiger partial charge in [0.2, 0.25) is 0 Å². The van der Waals surface area contributed by atoms with Gasteiger partial charge in [-0.05, 0) is 38.0 Å². The zero-order valence-corrected chi connectivity index (χ0v) is 16.5. The molecule has 2 rings (SSSR count). The van der Waals surface area contributed by atoms with Gasteiger partial charge in [0.15, 0.2) is 0 Å². The van der Waals surface area contributed by atoms with Crippen LogP contribution >= 0.6 is 0 Å². The highest BCUT2D eigenvalue weighted by atomic mass is 16.5. The summed E-state index contributed by atoms with van der Waals surface area (Å²) in [5, 5.41) is 0. The first-order chi connectivity index (χ1) is 11.0. The molecule has 23 heavy (non-hydrogen) atoms. The van der Waals surface area contributed by atoms with E-state index >= 15 is 0 Å². The number of unbranched alkanes of at least 4 members (excludes halogenated alkanes) is 1. The van der Waals surface area contributed by atoms with Gasteiger partial charge in [-0.2, -0.15) is 0 Å². The summed E-state index contributed by atoms with van der Waals surface area (Å²) in [7, 11) is 0. The summed E-state index contributed by atoms with van der Waals surface area (Å²) < 4.78 is 5.33. The second kappa shape index (κ2) is 15.0. The van der Waals surface area contributed by atoms with Crippen molar-refractivity contribution in [2.75, 3.05) is 0 Å². The number of carbonyl (C=O) groups excluding carboxylic acids is 1. The number of ether oxygens (including phenoxy) is 1. The molecule has 2 saturated carbocycles. The van der Waals surface area contributed by atoms with Gasteiger partial charge < -0.3 is 4.74 Å². The van der Waals surface area contributed by atoms with Gasteiger partial charge in [-0.1, -0.05) is 79.6 Å². The predicted octanol–water partition coefficient (Wildman–Crippen LogP) is 6.91. The maximum Gasteiger partial charge on any atom is 0.308 e. The highest BCUT2D eigenvalue weighted by Gasteiger charge is 2.21. The molecule has 1 unspecified atom stereocenters. The molecule has 0 N–H and O–H groups in total. The van der Waals surface area contributed by atoms with Crippen molar-refractivity contribution >= 4 is 5.97 Å². The third kappa shape index (κ3) is 12.5. The lowest BCUT2D eigenvalue weighted by Crippen LogP contribution is -2.20. The van der Waals surface area contributed by atoms with Crippen LogP contribution in [0.1, 0.15) is 112 Å². The van der Waals surface area contributed by atoms with Gasteiger partial charge in [0.05, 0.1) is 5.92 Å². The topological polar surface area (TPSA) is 26.3 Å². The molecule has 1 atom stereocenters. The van der Waals surface area contributed by atoms with E-state index in [-0.39, 0.29) is 18.0 Å². The quantitative estimate of drug-likeness (QED) is 0.524. The van der Waals surface area contributed by atoms with Gasteiger partial charge in [-0.3, -0.25) is 4.79 Å². The van der Waals surface area contributed by atoms with Crippen molar-refractivity contribution in [3.8, 4) is 0 Å². The van der Waals surface area contributed by atoms with Crippen molar-refractivity contribution in [3.05, 3.63) is 0 Å². The number of esters is 1. The molecule has 2 fully saturated rings. The molecule has 0 spiro atoms. The van der Waals surface area contributed by atoms with Crippen molar-refractivity contribution < 1.29 is 9.53 Å².